The number of nitrogens with one attached hydrogen (secondary N) is 1. The largest absolute Gasteiger partial charge is 0.364 e. The maximum absolute atomic E-state index is 12.3. The van der Waals surface area contributed by atoms with Crippen LogP contribution in [-0.4, -0.2) is 18.6 Å². The summed E-state index contributed by atoms with van der Waals surface area (Å²) in [5.74, 6) is 0. The molecule has 0 saturated heterocycles. The van der Waals surface area contributed by atoms with Crippen LogP contribution in [-0.2, 0) is 10.0 Å². The lowest BCUT2D eigenvalue weighted by Gasteiger charge is -2.11. The van der Waals surface area contributed by atoms with Crippen molar-refractivity contribution in [2.45, 2.75) is 18.1 Å². The molecule has 0 saturated carbocycles. The number of hydrogen-bond acceptors (Lipinski definition) is 4. The van der Waals surface area contributed by atoms with E-state index >= 15 is 0 Å². The van der Waals surface area contributed by atoms with Crippen LogP contribution in [0.25, 0.3) is 0 Å². The third-order valence-corrected chi connectivity index (χ3v) is 4.36. The molecule has 3 N–H and O–H groups in total. The van der Waals surface area contributed by atoms with Gasteiger partial charge in [0.15, 0.2) is 6.29 Å². The second kappa shape index (κ2) is 5.62. The minimum Gasteiger partial charge on any atom is -0.364 e. The second-order valence-electron chi connectivity index (χ2n) is 4.37. The Morgan fingerprint density at radius 2 is 1.75 bits per heavy atom. The molecule has 0 heterocycles. The van der Waals surface area contributed by atoms with Crippen molar-refractivity contribution in [1.82, 2.24) is 0 Å². The summed E-state index contributed by atoms with van der Waals surface area (Å²) in [6.45, 7) is 1.71. The van der Waals surface area contributed by atoms with E-state index in [9.17, 15) is 8.42 Å². The molecule has 2 rings (SSSR count). The number of aliphatic hydroxyl groups is 2. The standard InChI is InChI=1S/C14H15NO4S/c1-10-5-2-3-8-13(10)20(18,19)15-12-7-4-6-11(9-12)14(16)17/h2-9,14-17H,1H3. The Morgan fingerprint density at radius 1 is 1.05 bits per heavy atom. The van der Waals surface area contributed by atoms with E-state index in [4.69, 9.17) is 10.2 Å². The molecule has 0 radical (unpaired) electrons. The average Bonchev–Trinajstić information content (AvgIpc) is 2.38. The van der Waals surface area contributed by atoms with E-state index in [0.29, 0.717) is 5.56 Å². The molecule has 0 aliphatic rings. The number of anilines is 1. The van der Waals surface area contributed by atoms with Gasteiger partial charge >= 0.3 is 0 Å². The quantitative estimate of drug-likeness (QED) is 0.750. The minimum absolute atomic E-state index is 0.190. The monoisotopic (exact) mass is 293 g/mol. The van der Waals surface area contributed by atoms with Crippen LogP contribution in [0.4, 0.5) is 5.69 Å². The number of sulfonamides is 1. The van der Waals surface area contributed by atoms with Gasteiger partial charge in [0, 0.05) is 11.3 Å². The number of aryl methyl sites for hydroxylation is 1. The fourth-order valence-corrected chi connectivity index (χ4v) is 3.13. The van der Waals surface area contributed by atoms with Gasteiger partial charge in [0.25, 0.3) is 10.0 Å². The van der Waals surface area contributed by atoms with Crippen molar-refractivity contribution in [2.75, 3.05) is 4.72 Å². The van der Waals surface area contributed by atoms with Gasteiger partial charge in [0.1, 0.15) is 0 Å². The molecule has 0 aliphatic heterocycles. The van der Waals surface area contributed by atoms with Crippen molar-refractivity contribution in [1.29, 1.82) is 0 Å². The fourth-order valence-electron chi connectivity index (χ4n) is 1.83. The van der Waals surface area contributed by atoms with Gasteiger partial charge in [0.05, 0.1) is 4.90 Å². The molecule has 0 fully saturated rings. The molecule has 0 spiro atoms. The van der Waals surface area contributed by atoms with E-state index in [1.807, 2.05) is 0 Å². The molecule has 20 heavy (non-hydrogen) atoms. The van der Waals surface area contributed by atoms with Crippen LogP contribution in [0.5, 0.6) is 0 Å². The molecular formula is C14H15NO4S. The first-order chi connectivity index (χ1) is 9.40. The first-order valence-electron chi connectivity index (χ1n) is 5.95. The van der Waals surface area contributed by atoms with Crippen molar-refractivity contribution in [3.63, 3.8) is 0 Å². The molecule has 0 unspecified atom stereocenters. The molecule has 0 aliphatic carbocycles. The van der Waals surface area contributed by atoms with Crippen LogP contribution < -0.4 is 4.72 Å². The normalized spacial score (nSPS) is 11.6. The maximum Gasteiger partial charge on any atom is 0.262 e. The van der Waals surface area contributed by atoms with Gasteiger partial charge < -0.3 is 10.2 Å². The SMILES string of the molecule is Cc1ccccc1S(=O)(=O)Nc1cccc(C(O)O)c1. The van der Waals surface area contributed by atoms with E-state index in [1.165, 1.54) is 18.2 Å². The van der Waals surface area contributed by atoms with Crippen LogP contribution in [0.3, 0.4) is 0 Å². The van der Waals surface area contributed by atoms with Gasteiger partial charge in [-0.25, -0.2) is 8.42 Å². The Morgan fingerprint density at radius 3 is 2.40 bits per heavy atom. The zero-order valence-electron chi connectivity index (χ0n) is 10.8. The zero-order chi connectivity index (χ0) is 14.8. The van der Waals surface area contributed by atoms with Crippen molar-refractivity contribution in [3.8, 4) is 0 Å². The van der Waals surface area contributed by atoms with Crippen molar-refractivity contribution >= 4 is 15.7 Å². The molecule has 106 valence electrons. The number of aliphatic hydroxyl groups excluding tert-OH is 1. The summed E-state index contributed by atoms with van der Waals surface area (Å²) in [4.78, 5) is 0.190. The predicted molar refractivity (Wildman–Crippen MR) is 75.6 cm³/mol. The summed E-state index contributed by atoms with van der Waals surface area (Å²) in [7, 11) is -3.70. The molecule has 2 aromatic rings. The minimum atomic E-state index is -3.70. The van der Waals surface area contributed by atoms with Crippen molar-refractivity contribution < 1.29 is 18.6 Å². The Labute approximate surface area is 117 Å². The average molecular weight is 293 g/mol. The highest BCUT2D eigenvalue weighted by Crippen LogP contribution is 2.21. The van der Waals surface area contributed by atoms with Crippen LogP contribution >= 0.6 is 0 Å². The third-order valence-electron chi connectivity index (χ3n) is 2.82. The van der Waals surface area contributed by atoms with Crippen LogP contribution in [0.1, 0.15) is 17.4 Å². The van der Waals surface area contributed by atoms with Gasteiger partial charge in [-0.15, -0.1) is 0 Å². The van der Waals surface area contributed by atoms with Crippen molar-refractivity contribution in [2.24, 2.45) is 0 Å². The Kier molecular flexibility index (Phi) is 4.08. The van der Waals surface area contributed by atoms with Crippen molar-refractivity contribution in [3.05, 3.63) is 59.7 Å². The smallest absolute Gasteiger partial charge is 0.262 e. The lowest BCUT2D eigenvalue weighted by atomic mass is 10.2. The number of benzene rings is 2. The maximum atomic E-state index is 12.3. The summed E-state index contributed by atoms with van der Waals surface area (Å²) < 4.78 is 27.0. The van der Waals surface area contributed by atoms with Crippen LogP contribution in [0.2, 0.25) is 0 Å². The summed E-state index contributed by atoms with van der Waals surface area (Å²) in [6.07, 6.45) is -1.64. The van der Waals surface area contributed by atoms with Gasteiger partial charge in [0.2, 0.25) is 0 Å². The summed E-state index contributed by atoms with van der Waals surface area (Å²) in [6, 6.07) is 12.6. The highest BCUT2D eigenvalue weighted by atomic mass is 32.2. The van der Waals surface area contributed by atoms with Gasteiger partial charge in [-0.2, -0.15) is 0 Å². The van der Waals surface area contributed by atoms with E-state index in [-0.39, 0.29) is 16.1 Å². The van der Waals surface area contributed by atoms with Crippen LogP contribution in [0.15, 0.2) is 53.4 Å². The summed E-state index contributed by atoms with van der Waals surface area (Å²) in [5.41, 5.74) is 1.13. The first-order valence-corrected chi connectivity index (χ1v) is 7.43. The lowest BCUT2D eigenvalue weighted by Crippen LogP contribution is -2.14. The highest BCUT2D eigenvalue weighted by Gasteiger charge is 2.16. The molecule has 2 aromatic carbocycles. The number of rotatable bonds is 4. The highest BCUT2D eigenvalue weighted by molar-refractivity contribution is 7.92. The van der Waals surface area contributed by atoms with E-state index < -0.39 is 16.3 Å². The topological polar surface area (TPSA) is 86.6 Å². The summed E-state index contributed by atoms with van der Waals surface area (Å²) in [5, 5.41) is 18.2. The molecule has 5 nitrogen and oxygen atoms in total. The van der Waals surface area contributed by atoms with E-state index in [1.54, 1.807) is 37.3 Å². The van der Waals surface area contributed by atoms with Gasteiger partial charge in [-0.1, -0.05) is 30.3 Å². The van der Waals surface area contributed by atoms with Gasteiger partial charge in [-0.05, 0) is 30.7 Å². The fraction of sp³-hybridized carbons (Fsp3) is 0.143. The molecule has 0 aromatic heterocycles. The van der Waals surface area contributed by atoms with Gasteiger partial charge in [-0.3, -0.25) is 4.72 Å². The Hall–Kier alpha value is -1.89. The predicted octanol–water partition coefficient (Wildman–Crippen LogP) is 1.78. The Balaban J connectivity index is 2.34. The second-order valence-corrected chi connectivity index (χ2v) is 6.02. The molecule has 0 bridgehead atoms. The molecular weight excluding hydrogens is 278 g/mol. The summed E-state index contributed by atoms with van der Waals surface area (Å²) >= 11 is 0. The Bertz CT molecular complexity index is 711. The molecule has 6 heteroatoms. The molecule has 0 atom stereocenters. The molecule has 0 amide bonds. The van der Waals surface area contributed by atoms with E-state index in [0.717, 1.165) is 0 Å². The first kappa shape index (κ1) is 14.5. The third kappa shape index (κ3) is 3.16. The van der Waals surface area contributed by atoms with E-state index in [2.05, 4.69) is 4.72 Å². The number of hydrogen-bond donors (Lipinski definition) is 3. The lowest BCUT2D eigenvalue weighted by molar-refractivity contribution is -0.0424. The van der Waals surface area contributed by atoms with Crippen LogP contribution in [0, 0.1) is 6.92 Å². The zero-order valence-corrected chi connectivity index (χ0v) is 11.6.